The summed E-state index contributed by atoms with van der Waals surface area (Å²) >= 11 is 1.86. The van der Waals surface area contributed by atoms with E-state index in [2.05, 4.69) is 380 Å². The van der Waals surface area contributed by atoms with Gasteiger partial charge >= 0.3 is 0 Å². The van der Waals surface area contributed by atoms with Crippen LogP contribution in [-0.4, -0.2) is 29.9 Å². The Balaban J connectivity index is 0.000000120. The summed E-state index contributed by atoms with van der Waals surface area (Å²) in [7, 11) is 0. The average molecular weight is 1870 g/mol. The minimum atomic E-state index is 0. The molecule has 25 rings (SSSR count). The maximum absolute atomic E-state index is 6.51. The standard InChI is InChI=1S/C50H30N2OS.C44H28N2.C17H12N.C11H8N.Ir/c1-2-9-34-26-37(23-22-31(34)8-1)32-18-20-33(21-19-32)38-24-25-45-44(29-38)48-49(53-45)47(51-30-52-48)40-13-6-11-36(28-40)35-10-5-12-39(27-35)41-15-7-16-43-42-14-3-4-17-46(42)54-50(41)43;1-3-13-31(14-4-1)39-27-41(35-21-19-29-11-7-9-17-33(29)25-35)45-43-37(39)23-24-38-40(32-15-5-2-6-16-32)28-42(46-44(38)43)36-22-20-30-12-8-10-18-34(30)26-36;1-3-7-14(8-4-1)16-11-12-18-17(13-16)15-9-5-2-6-10-15;1-2-6-10(7-3-1)11-8-4-5-9-12-11;/h1-30H;1-28H;1-9,11-13H;1-6,8-9H;/q;;2*-1;. The van der Waals surface area contributed by atoms with Crippen LogP contribution in [0.3, 0.4) is 0 Å². The quantitative estimate of drug-likeness (QED) is 0.0889. The first-order valence-electron chi connectivity index (χ1n) is 43.5. The van der Waals surface area contributed by atoms with Gasteiger partial charge in [0.25, 0.3) is 0 Å². The van der Waals surface area contributed by atoms with E-state index in [1.165, 1.54) is 85.9 Å². The normalized spacial score (nSPS) is 11.1. The van der Waals surface area contributed by atoms with Crippen molar-refractivity contribution >= 4 is 108 Å². The zero-order chi connectivity index (χ0) is 86.5. The zero-order valence-electron chi connectivity index (χ0n) is 70.9. The molecule has 7 aromatic heterocycles. The Kier molecular flexibility index (Phi) is 23.0. The first-order valence-corrected chi connectivity index (χ1v) is 44.4. The zero-order valence-corrected chi connectivity index (χ0v) is 74.1. The largest absolute Gasteiger partial charge is 0.452 e. The van der Waals surface area contributed by atoms with Crippen molar-refractivity contribution < 1.29 is 24.5 Å². The number of thiophene rings is 1. The molecule has 0 aliphatic carbocycles. The summed E-state index contributed by atoms with van der Waals surface area (Å²) < 4.78 is 9.14. The van der Waals surface area contributed by atoms with Gasteiger partial charge in [0.1, 0.15) is 23.1 Å². The molecule has 0 N–H and O–H groups in total. The molecule has 0 saturated carbocycles. The maximum atomic E-state index is 6.51. The molecule has 0 saturated heterocycles. The predicted octanol–water partition coefficient (Wildman–Crippen LogP) is 32.8. The number of rotatable bonds is 12. The SMILES string of the molecule is [Ir].[c-]1ccccc1-c1cc(-c2ccccc2)ccn1.[c-]1ccccc1-c1ccccn1.c1cc(-c2cccc(-c3cccc4c3sc3ccccc34)c2)cc(-c2ncnc3c2oc2ccc(-c4ccc(-c5ccc6ccccc6c5)cc4)cc23)c1.c1ccc(-c2cc(-c3ccc4ccccc4c3)nc3c2ccc2c(-c4ccccc4)cc(-c4ccc5ccccc5c4)nc23)cc1. The monoisotopic (exact) mass is 1870 g/mol. The molecule has 0 unspecified atom stereocenters. The number of benzene rings is 18. The van der Waals surface area contributed by atoms with Gasteiger partial charge in [0, 0.05) is 85.5 Å². The summed E-state index contributed by atoms with van der Waals surface area (Å²) in [5.74, 6) is 0. The van der Waals surface area contributed by atoms with Crippen LogP contribution in [0, 0.1) is 12.1 Å². The molecule has 0 fully saturated rings. The van der Waals surface area contributed by atoms with E-state index in [-0.39, 0.29) is 20.1 Å². The summed E-state index contributed by atoms with van der Waals surface area (Å²) in [6.45, 7) is 0. The molecule has 0 spiro atoms. The number of nitrogens with zero attached hydrogens (tertiary/aromatic N) is 6. The topological polar surface area (TPSA) is 90.5 Å². The molecule has 0 bridgehead atoms. The Morgan fingerprint density at radius 2 is 0.672 bits per heavy atom. The molecule has 0 atom stereocenters. The number of fused-ring (bicyclic) bond motifs is 12. The first kappa shape index (κ1) is 81.6. The van der Waals surface area contributed by atoms with Gasteiger partial charge in [0.15, 0.2) is 5.58 Å². The van der Waals surface area contributed by atoms with Crippen LogP contribution in [0.4, 0.5) is 0 Å². The predicted molar refractivity (Wildman–Crippen MR) is 543 cm³/mol. The number of furan rings is 1. The van der Waals surface area contributed by atoms with Crippen molar-refractivity contribution in [2.45, 2.75) is 0 Å². The second-order valence-electron chi connectivity index (χ2n) is 32.2. The molecular formula is C122H78IrN6OS-2. The summed E-state index contributed by atoms with van der Waals surface area (Å²) in [5, 5.41) is 13.1. The summed E-state index contributed by atoms with van der Waals surface area (Å²) in [6, 6.07) is 166. The van der Waals surface area contributed by atoms with E-state index in [1.807, 2.05) is 115 Å². The summed E-state index contributed by atoms with van der Waals surface area (Å²) in [4.78, 5) is 29.0. The Bertz CT molecular complexity index is 8190. The Hall–Kier alpha value is -16.4. The third-order valence-electron chi connectivity index (χ3n) is 24.1. The molecule has 7 nitrogen and oxygen atoms in total. The van der Waals surface area contributed by atoms with Gasteiger partial charge in [-0.25, -0.2) is 19.9 Å². The Morgan fingerprint density at radius 3 is 1.26 bits per heavy atom. The van der Waals surface area contributed by atoms with Crippen LogP contribution >= 0.6 is 11.3 Å². The van der Waals surface area contributed by atoms with Crippen LogP contribution in [0.2, 0.25) is 0 Å². The van der Waals surface area contributed by atoms with E-state index in [4.69, 9.17) is 24.4 Å². The number of hydrogen-bond acceptors (Lipinski definition) is 8. The van der Waals surface area contributed by atoms with Gasteiger partial charge in [0.05, 0.1) is 22.4 Å². The van der Waals surface area contributed by atoms with Gasteiger partial charge in [-0.15, -0.1) is 83.1 Å². The van der Waals surface area contributed by atoms with Gasteiger partial charge in [-0.2, -0.15) is 0 Å². The number of hydrogen-bond donors (Lipinski definition) is 0. The molecule has 0 aliphatic rings. The second-order valence-corrected chi connectivity index (χ2v) is 33.2. The van der Waals surface area contributed by atoms with E-state index < -0.39 is 0 Å². The van der Waals surface area contributed by atoms with E-state index in [0.29, 0.717) is 5.58 Å². The third kappa shape index (κ3) is 17.0. The van der Waals surface area contributed by atoms with Crippen molar-refractivity contribution in [1.29, 1.82) is 0 Å². The second kappa shape index (κ2) is 36.9. The van der Waals surface area contributed by atoms with Crippen molar-refractivity contribution in [2.75, 3.05) is 0 Å². The van der Waals surface area contributed by atoms with Gasteiger partial charge in [0.2, 0.25) is 0 Å². The molecule has 0 amide bonds. The summed E-state index contributed by atoms with van der Waals surface area (Å²) in [5.41, 5.74) is 30.3. The first-order chi connectivity index (χ1) is 64.4. The summed E-state index contributed by atoms with van der Waals surface area (Å²) in [6.07, 6.45) is 5.28. The molecule has 0 aliphatic heterocycles. The molecule has 131 heavy (non-hydrogen) atoms. The fourth-order valence-corrected chi connectivity index (χ4v) is 18.8. The molecule has 9 heteroatoms. The molecular weight excluding hydrogens is 1790 g/mol. The van der Waals surface area contributed by atoms with Crippen LogP contribution in [0.5, 0.6) is 0 Å². The minimum Gasteiger partial charge on any atom is -0.452 e. The number of pyridine rings is 4. The van der Waals surface area contributed by atoms with Crippen molar-refractivity contribution in [1.82, 2.24) is 29.9 Å². The maximum Gasteiger partial charge on any atom is 0.180 e. The van der Waals surface area contributed by atoms with Crippen molar-refractivity contribution in [3.8, 4) is 134 Å². The Morgan fingerprint density at radius 1 is 0.229 bits per heavy atom. The van der Waals surface area contributed by atoms with Crippen LogP contribution in [0.15, 0.2) is 478 Å². The fourth-order valence-electron chi connectivity index (χ4n) is 17.6. The van der Waals surface area contributed by atoms with Gasteiger partial charge in [-0.3, -0.25) is 0 Å². The van der Waals surface area contributed by atoms with Crippen LogP contribution in [0.1, 0.15) is 0 Å². The Labute approximate surface area is 776 Å². The molecule has 18 aromatic carbocycles. The van der Waals surface area contributed by atoms with Gasteiger partial charge in [-0.1, -0.05) is 334 Å². The van der Waals surface area contributed by atoms with E-state index in [0.717, 1.165) is 139 Å². The minimum absolute atomic E-state index is 0. The van der Waals surface area contributed by atoms with Crippen LogP contribution < -0.4 is 0 Å². The molecule has 25 aromatic rings. The van der Waals surface area contributed by atoms with Gasteiger partial charge < -0.3 is 14.4 Å². The van der Waals surface area contributed by atoms with Gasteiger partial charge in [-0.05, 0) is 194 Å². The van der Waals surface area contributed by atoms with E-state index in [1.54, 1.807) is 12.5 Å². The smallest absolute Gasteiger partial charge is 0.180 e. The van der Waals surface area contributed by atoms with Crippen LogP contribution in [-0.2, 0) is 20.1 Å². The fraction of sp³-hybridized carbons (Fsp3) is 0. The number of aromatic nitrogens is 6. The molecule has 7 heterocycles. The molecule has 619 valence electrons. The van der Waals surface area contributed by atoms with E-state index in [9.17, 15) is 0 Å². The van der Waals surface area contributed by atoms with Crippen molar-refractivity contribution in [3.63, 3.8) is 0 Å². The molecule has 1 radical (unpaired) electrons. The van der Waals surface area contributed by atoms with E-state index >= 15 is 0 Å². The third-order valence-corrected chi connectivity index (χ3v) is 25.3. The van der Waals surface area contributed by atoms with Crippen molar-refractivity contribution in [3.05, 3.63) is 486 Å². The average Bonchev–Trinajstić information content (AvgIpc) is 1.19. The van der Waals surface area contributed by atoms with Crippen LogP contribution in [0.25, 0.3) is 231 Å². The van der Waals surface area contributed by atoms with Crippen molar-refractivity contribution in [2.24, 2.45) is 0 Å².